The van der Waals surface area contributed by atoms with Crippen LogP contribution >= 0.6 is 0 Å². The van der Waals surface area contributed by atoms with E-state index >= 15 is 0 Å². The van der Waals surface area contributed by atoms with Crippen LogP contribution in [0.25, 0.3) is 27.4 Å². The Morgan fingerprint density at radius 1 is 1.00 bits per heavy atom. The lowest BCUT2D eigenvalue weighted by Gasteiger charge is -2.15. The molecule has 1 heterocycles. The second-order valence-corrected chi connectivity index (χ2v) is 10.1. The molecular weight excluding hydrogens is 516 g/mol. The van der Waals surface area contributed by atoms with Crippen molar-refractivity contribution in [1.82, 2.24) is 4.98 Å². The fraction of sp³-hybridized carbons (Fsp3) is 0.0333. The maximum absolute atomic E-state index is 13.9. The van der Waals surface area contributed by atoms with Crippen LogP contribution in [0.2, 0.25) is 0 Å². The largest absolute Gasteiger partial charge is 0.506 e. The summed E-state index contributed by atoms with van der Waals surface area (Å²) in [4.78, 5) is 30.7. The first-order valence-corrected chi connectivity index (χ1v) is 13.3. The molecule has 0 aromatic heterocycles. The Bertz CT molecular complexity index is 2190. The highest BCUT2D eigenvalue weighted by atomic mass is 32.2. The van der Waals surface area contributed by atoms with Gasteiger partial charge in [-0.1, -0.05) is 73.3 Å². The number of rotatable bonds is 6. The van der Waals surface area contributed by atoms with Crippen molar-refractivity contribution < 1.29 is 18.1 Å². The summed E-state index contributed by atoms with van der Waals surface area (Å²) in [5, 5.41) is 15.0. The van der Waals surface area contributed by atoms with Gasteiger partial charge in [0, 0.05) is 27.1 Å². The quantitative estimate of drug-likeness (QED) is 0.218. The fourth-order valence-corrected chi connectivity index (χ4v) is 5.45. The second-order valence-electron chi connectivity index (χ2n) is 8.73. The second kappa shape index (κ2) is 9.79. The highest BCUT2D eigenvalue weighted by Crippen LogP contribution is 2.30. The SMILES string of the molecule is C=C/C=C(\C=C/C)Nc1cc(S(=O)(=O)O)c2nc(=O)c(=C(O)c3ccccc3)c3c4ccccc4c(=O)c1c2=3. The van der Waals surface area contributed by atoms with Gasteiger partial charge in [0.1, 0.15) is 10.7 Å². The summed E-state index contributed by atoms with van der Waals surface area (Å²) in [6.07, 6.45) is 6.55. The average molecular weight is 539 g/mol. The van der Waals surface area contributed by atoms with Gasteiger partial charge < -0.3 is 10.4 Å². The molecule has 0 amide bonds. The predicted molar refractivity (Wildman–Crippen MR) is 152 cm³/mol. The lowest BCUT2D eigenvalue weighted by molar-refractivity contribution is 0.484. The van der Waals surface area contributed by atoms with Crippen molar-refractivity contribution in [2.75, 3.05) is 5.32 Å². The van der Waals surface area contributed by atoms with Gasteiger partial charge in [-0.05, 0) is 30.5 Å². The molecule has 9 heteroatoms. The van der Waals surface area contributed by atoms with Gasteiger partial charge in [-0.15, -0.1) is 0 Å². The average Bonchev–Trinajstić information content (AvgIpc) is 2.91. The van der Waals surface area contributed by atoms with Gasteiger partial charge in [0.15, 0.2) is 5.43 Å². The molecule has 0 saturated heterocycles. The van der Waals surface area contributed by atoms with Gasteiger partial charge in [-0.25, -0.2) is 4.98 Å². The summed E-state index contributed by atoms with van der Waals surface area (Å²) >= 11 is 0. The molecule has 0 bridgehead atoms. The number of fused-ring (bicyclic) bond motifs is 2. The molecule has 39 heavy (non-hydrogen) atoms. The monoisotopic (exact) mass is 538 g/mol. The number of aliphatic hydroxyl groups excluding tert-OH is 1. The first-order chi connectivity index (χ1) is 18.7. The van der Waals surface area contributed by atoms with Crippen LogP contribution in [0, 0.1) is 10.4 Å². The molecule has 0 spiro atoms. The molecule has 0 fully saturated rings. The number of aliphatic hydroxyl groups is 1. The Hall–Kier alpha value is -4.86. The van der Waals surface area contributed by atoms with Crippen LogP contribution in [0.4, 0.5) is 5.69 Å². The van der Waals surface area contributed by atoms with Crippen molar-refractivity contribution in [3.05, 3.63) is 139 Å². The third kappa shape index (κ3) is 4.33. The maximum Gasteiger partial charge on any atom is 0.296 e. The number of nitrogens with zero attached hydrogens (tertiary/aromatic N) is 1. The Morgan fingerprint density at radius 3 is 2.31 bits per heavy atom. The van der Waals surface area contributed by atoms with E-state index in [4.69, 9.17) is 0 Å². The third-order valence-corrected chi connectivity index (χ3v) is 7.21. The first-order valence-electron chi connectivity index (χ1n) is 11.8. The molecule has 0 saturated carbocycles. The molecule has 5 rings (SSSR count). The molecule has 194 valence electrons. The molecule has 3 aromatic rings. The number of hydrogen-bond donors (Lipinski definition) is 3. The van der Waals surface area contributed by atoms with Gasteiger partial charge >= 0.3 is 0 Å². The molecular formula is C30H22N2O6S. The molecule has 1 aliphatic carbocycles. The van der Waals surface area contributed by atoms with Crippen molar-refractivity contribution in [1.29, 1.82) is 0 Å². The summed E-state index contributed by atoms with van der Waals surface area (Å²) in [5.41, 5.74) is -0.864. The number of anilines is 1. The smallest absolute Gasteiger partial charge is 0.296 e. The van der Waals surface area contributed by atoms with E-state index in [0.29, 0.717) is 16.6 Å². The number of allylic oxidation sites excluding steroid dienone is 4. The normalized spacial score (nSPS) is 13.4. The molecule has 3 N–H and O–H groups in total. The van der Waals surface area contributed by atoms with E-state index in [9.17, 15) is 27.7 Å². The van der Waals surface area contributed by atoms with Crippen LogP contribution in [-0.4, -0.2) is 23.1 Å². The van der Waals surface area contributed by atoms with Crippen LogP contribution in [0.3, 0.4) is 0 Å². The van der Waals surface area contributed by atoms with Gasteiger partial charge in [0.05, 0.1) is 21.8 Å². The van der Waals surface area contributed by atoms with Crippen molar-refractivity contribution >= 4 is 43.2 Å². The summed E-state index contributed by atoms with van der Waals surface area (Å²) in [7, 11) is -4.91. The van der Waals surface area contributed by atoms with Crippen molar-refractivity contribution in [3.8, 4) is 0 Å². The molecule has 0 atom stereocenters. The Labute approximate surface area is 222 Å². The summed E-state index contributed by atoms with van der Waals surface area (Å²) in [5.74, 6) is -0.381. The van der Waals surface area contributed by atoms with Crippen LogP contribution < -0.4 is 21.5 Å². The Morgan fingerprint density at radius 2 is 1.67 bits per heavy atom. The van der Waals surface area contributed by atoms with Crippen LogP contribution in [0.5, 0.6) is 0 Å². The number of benzene rings is 3. The van der Waals surface area contributed by atoms with Gasteiger partial charge in [-0.3, -0.25) is 14.1 Å². The minimum absolute atomic E-state index is 0.0202. The lowest BCUT2D eigenvalue weighted by Crippen LogP contribution is -2.33. The first kappa shape index (κ1) is 25.8. The van der Waals surface area contributed by atoms with E-state index in [1.165, 1.54) is 6.08 Å². The van der Waals surface area contributed by atoms with Gasteiger partial charge in [0.2, 0.25) is 0 Å². The van der Waals surface area contributed by atoms with Crippen LogP contribution in [0.1, 0.15) is 12.5 Å². The maximum atomic E-state index is 13.9. The third-order valence-electron chi connectivity index (χ3n) is 6.34. The van der Waals surface area contributed by atoms with Crippen molar-refractivity contribution in [2.24, 2.45) is 0 Å². The topological polar surface area (TPSA) is 134 Å². The minimum atomic E-state index is -4.91. The van der Waals surface area contributed by atoms with E-state index < -0.39 is 26.0 Å². The molecule has 8 nitrogen and oxygen atoms in total. The van der Waals surface area contributed by atoms with Crippen LogP contribution in [-0.2, 0) is 10.1 Å². The van der Waals surface area contributed by atoms with Crippen molar-refractivity contribution in [3.63, 3.8) is 0 Å². The molecule has 3 aromatic carbocycles. The van der Waals surface area contributed by atoms with Gasteiger partial charge in [-0.2, -0.15) is 8.42 Å². The molecule has 0 radical (unpaired) electrons. The van der Waals surface area contributed by atoms with Gasteiger partial charge in [0.25, 0.3) is 15.7 Å². The van der Waals surface area contributed by atoms with E-state index in [2.05, 4.69) is 16.9 Å². The van der Waals surface area contributed by atoms with Crippen molar-refractivity contribution in [2.45, 2.75) is 11.8 Å². The Balaban J connectivity index is 2.19. The Kier molecular flexibility index (Phi) is 6.47. The number of nitrogens with one attached hydrogen (secondary N) is 1. The number of hydrogen-bond acceptors (Lipinski definition) is 7. The van der Waals surface area contributed by atoms with Crippen LogP contribution in [0.15, 0.2) is 112 Å². The fourth-order valence-electron chi connectivity index (χ4n) is 4.79. The van der Waals surface area contributed by atoms with E-state index in [0.717, 1.165) is 6.07 Å². The number of aromatic nitrogens is 1. The lowest BCUT2D eigenvalue weighted by atomic mass is 9.96. The standard InChI is InChI=1S/C30H22N2O6S/c1-3-10-18(11-4-2)31-21-16-22(39(36,37)38)27-25-23(19-14-8-9-15-20(19)29(34)24(21)25)26(30(35)32-27)28(33)17-12-6-5-7-13-17/h3-16,31,33H,1H2,2H3,(H,36,37,38)/b11-4-,18-10+,28-26?. The molecule has 1 aliphatic heterocycles. The summed E-state index contributed by atoms with van der Waals surface area (Å²) in [6.45, 7) is 5.46. The van der Waals surface area contributed by atoms with E-state index in [-0.39, 0.29) is 43.4 Å². The zero-order valence-electron chi connectivity index (χ0n) is 20.7. The summed E-state index contributed by atoms with van der Waals surface area (Å²) < 4.78 is 35.2. The zero-order valence-corrected chi connectivity index (χ0v) is 21.5. The van der Waals surface area contributed by atoms with E-state index in [1.807, 2.05) is 0 Å². The highest BCUT2D eigenvalue weighted by molar-refractivity contribution is 7.86. The highest BCUT2D eigenvalue weighted by Gasteiger charge is 2.25. The minimum Gasteiger partial charge on any atom is -0.506 e. The van der Waals surface area contributed by atoms with E-state index in [1.54, 1.807) is 79.7 Å². The predicted octanol–water partition coefficient (Wildman–Crippen LogP) is 4.01. The zero-order chi connectivity index (χ0) is 27.9. The summed E-state index contributed by atoms with van der Waals surface area (Å²) in [6, 6.07) is 16.0. The molecule has 0 unspecified atom stereocenters. The molecule has 2 aliphatic rings.